The molecule has 1 fully saturated rings. The largest absolute Gasteiger partial charge is 0.481 e. The van der Waals surface area contributed by atoms with Crippen molar-refractivity contribution in [3.63, 3.8) is 0 Å². The van der Waals surface area contributed by atoms with Gasteiger partial charge < -0.3 is 9.94 Å². The number of carboxylic acids is 1. The van der Waals surface area contributed by atoms with E-state index in [-0.39, 0.29) is 17.0 Å². The van der Waals surface area contributed by atoms with Crippen molar-refractivity contribution in [1.29, 1.82) is 0 Å². The summed E-state index contributed by atoms with van der Waals surface area (Å²) in [4.78, 5) is 16.5. The number of hydrogen-bond acceptors (Lipinski definition) is 3. The van der Waals surface area contributed by atoms with E-state index in [2.05, 4.69) is 0 Å². The average Bonchev–Trinajstić information content (AvgIpc) is 1.99. The molecule has 0 aliphatic carbocycles. The first-order valence-electron chi connectivity index (χ1n) is 5.28. The minimum absolute atomic E-state index is 0.237. The number of piperidine rings is 1. The topological polar surface area (TPSA) is 49.8 Å². The molecule has 1 rings (SSSR count). The molecular formula is C11H21NO3. The minimum atomic E-state index is -0.702. The highest BCUT2D eigenvalue weighted by atomic mass is 16.7. The lowest BCUT2D eigenvalue weighted by atomic mass is 9.75. The summed E-state index contributed by atoms with van der Waals surface area (Å²) in [6.07, 6.45) is 1.25. The third kappa shape index (κ3) is 2.32. The zero-order valence-electron chi connectivity index (χ0n) is 10.2. The van der Waals surface area contributed by atoms with E-state index < -0.39 is 5.97 Å². The number of hydroxylamine groups is 2. The molecule has 0 unspecified atom stereocenters. The van der Waals surface area contributed by atoms with Crippen molar-refractivity contribution < 1.29 is 14.7 Å². The van der Waals surface area contributed by atoms with E-state index >= 15 is 0 Å². The van der Waals surface area contributed by atoms with Crippen LogP contribution >= 0.6 is 0 Å². The number of carbonyl (C=O) groups is 1. The highest BCUT2D eigenvalue weighted by molar-refractivity contribution is 5.70. The highest BCUT2D eigenvalue weighted by Crippen LogP contribution is 2.41. The van der Waals surface area contributed by atoms with Crippen LogP contribution < -0.4 is 0 Å². The van der Waals surface area contributed by atoms with Crippen LogP contribution in [0.5, 0.6) is 0 Å². The second kappa shape index (κ2) is 3.76. The Morgan fingerprint density at radius 2 is 1.67 bits per heavy atom. The predicted octanol–water partition coefficient (Wildman–Crippen LogP) is 1.90. The Kier molecular flexibility index (Phi) is 3.12. The monoisotopic (exact) mass is 215 g/mol. The van der Waals surface area contributed by atoms with Gasteiger partial charge in [0.1, 0.15) is 0 Å². The minimum Gasteiger partial charge on any atom is -0.481 e. The fraction of sp³-hybridized carbons (Fsp3) is 0.909. The fourth-order valence-electron chi connectivity index (χ4n) is 2.93. The van der Waals surface area contributed by atoms with Crippen LogP contribution in [0, 0.1) is 5.92 Å². The van der Waals surface area contributed by atoms with Crippen molar-refractivity contribution in [3.05, 3.63) is 0 Å². The lowest BCUT2D eigenvalue weighted by Crippen LogP contribution is -2.60. The molecule has 1 saturated heterocycles. The predicted molar refractivity (Wildman–Crippen MR) is 57.4 cm³/mol. The summed E-state index contributed by atoms with van der Waals surface area (Å²) in [5.74, 6) is -0.978. The van der Waals surface area contributed by atoms with Crippen molar-refractivity contribution in [1.82, 2.24) is 5.06 Å². The third-order valence-corrected chi connectivity index (χ3v) is 3.12. The third-order valence-electron chi connectivity index (χ3n) is 3.12. The van der Waals surface area contributed by atoms with Crippen LogP contribution in [-0.4, -0.2) is 34.3 Å². The van der Waals surface area contributed by atoms with Gasteiger partial charge >= 0.3 is 5.97 Å². The summed E-state index contributed by atoms with van der Waals surface area (Å²) >= 11 is 0. The van der Waals surface area contributed by atoms with Gasteiger partial charge in [-0.3, -0.25) is 4.79 Å². The Morgan fingerprint density at radius 3 is 1.93 bits per heavy atom. The van der Waals surface area contributed by atoms with Gasteiger partial charge in [-0.15, -0.1) is 0 Å². The number of aliphatic carboxylic acids is 1. The molecule has 0 radical (unpaired) electrons. The summed E-state index contributed by atoms with van der Waals surface area (Å²) in [5, 5.41) is 11.0. The Labute approximate surface area is 91.2 Å². The van der Waals surface area contributed by atoms with Gasteiger partial charge in [0.2, 0.25) is 0 Å². The van der Waals surface area contributed by atoms with E-state index in [1.807, 2.05) is 32.8 Å². The first-order chi connectivity index (χ1) is 6.70. The summed E-state index contributed by atoms with van der Waals surface area (Å²) in [5.41, 5.74) is -0.473. The van der Waals surface area contributed by atoms with Gasteiger partial charge in [-0.1, -0.05) is 0 Å². The van der Waals surface area contributed by atoms with Gasteiger partial charge in [0.15, 0.2) is 0 Å². The first kappa shape index (κ1) is 12.5. The van der Waals surface area contributed by atoms with Crippen LogP contribution in [0.15, 0.2) is 0 Å². The number of carboxylic acid groups (broad SMARTS) is 1. The maximum atomic E-state index is 11.1. The van der Waals surface area contributed by atoms with Crippen LogP contribution in [0.2, 0.25) is 0 Å². The zero-order valence-corrected chi connectivity index (χ0v) is 10.2. The molecule has 88 valence electrons. The van der Waals surface area contributed by atoms with Gasteiger partial charge in [0.25, 0.3) is 0 Å². The number of rotatable bonds is 2. The van der Waals surface area contributed by atoms with Crippen LogP contribution in [0.4, 0.5) is 0 Å². The lowest BCUT2D eigenvalue weighted by Gasteiger charge is -2.52. The van der Waals surface area contributed by atoms with Gasteiger partial charge in [-0.2, -0.15) is 5.06 Å². The van der Waals surface area contributed by atoms with E-state index in [1.54, 1.807) is 7.11 Å². The molecule has 1 aliphatic heterocycles. The summed E-state index contributed by atoms with van der Waals surface area (Å²) in [6, 6.07) is 0. The summed E-state index contributed by atoms with van der Waals surface area (Å²) < 4.78 is 0. The zero-order chi connectivity index (χ0) is 11.9. The van der Waals surface area contributed by atoms with Crippen LogP contribution in [0.3, 0.4) is 0 Å². The number of nitrogens with zero attached hydrogens (tertiary/aromatic N) is 1. The quantitative estimate of drug-likeness (QED) is 0.764. The molecule has 1 N–H and O–H groups in total. The van der Waals surface area contributed by atoms with Gasteiger partial charge in [0.05, 0.1) is 13.0 Å². The van der Waals surface area contributed by atoms with E-state index in [0.717, 1.165) is 0 Å². The summed E-state index contributed by atoms with van der Waals surface area (Å²) in [6.45, 7) is 8.08. The van der Waals surface area contributed by atoms with Crippen molar-refractivity contribution in [2.24, 2.45) is 5.92 Å². The van der Waals surface area contributed by atoms with Gasteiger partial charge in [-0.05, 0) is 40.5 Å². The molecule has 0 aromatic carbocycles. The molecule has 0 aromatic heterocycles. The van der Waals surface area contributed by atoms with Crippen LogP contribution in [-0.2, 0) is 9.63 Å². The second-order valence-electron chi connectivity index (χ2n) is 5.55. The standard InChI is InChI=1S/C11H21NO3/c1-10(2)6-8(9(13)14)7-11(3,4)12(10)15-5/h8H,6-7H2,1-5H3,(H,13,14). The molecule has 15 heavy (non-hydrogen) atoms. The van der Waals surface area contributed by atoms with Crippen molar-refractivity contribution in [2.75, 3.05) is 7.11 Å². The molecule has 0 bridgehead atoms. The Balaban J connectivity index is 2.95. The molecule has 1 aliphatic rings. The first-order valence-corrected chi connectivity index (χ1v) is 5.28. The van der Waals surface area contributed by atoms with E-state index in [1.165, 1.54) is 0 Å². The van der Waals surface area contributed by atoms with Gasteiger partial charge in [-0.25, -0.2) is 0 Å². The maximum absolute atomic E-state index is 11.1. The van der Waals surface area contributed by atoms with E-state index in [4.69, 9.17) is 9.94 Å². The van der Waals surface area contributed by atoms with Crippen molar-refractivity contribution in [3.8, 4) is 0 Å². The van der Waals surface area contributed by atoms with E-state index in [9.17, 15) is 4.79 Å². The summed E-state index contributed by atoms with van der Waals surface area (Å²) in [7, 11) is 1.64. The van der Waals surface area contributed by atoms with Crippen LogP contribution in [0.25, 0.3) is 0 Å². The Morgan fingerprint density at radius 1 is 1.27 bits per heavy atom. The van der Waals surface area contributed by atoms with Crippen molar-refractivity contribution >= 4 is 5.97 Å². The molecule has 0 aromatic rings. The smallest absolute Gasteiger partial charge is 0.306 e. The van der Waals surface area contributed by atoms with E-state index in [0.29, 0.717) is 12.8 Å². The van der Waals surface area contributed by atoms with Gasteiger partial charge in [0, 0.05) is 11.1 Å². The molecular weight excluding hydrogens is 194 g/mol. The molecule has 4 heteroatoms. The molecule has 0 amide bonds. The number of hydrogen-bond donors (Lipinski definition) is 1. The Bertz CT molecular complexity index is 243. The normalized spacial score (nSPS) is 26.5. The lowest BCUT2D eigenvalue weighted by molar-refractivity contribution is -0.271. The fourth-order valence-corrected chi connectivity index (χ4v) is 2.93. The van der Waals surface area contributed by atoms with Crippen LogP contribution in [0.1, 0.15) is 40.5 Å². The molecule has 0 saturated carbocycles. The molecule has 1 heterocycles. The van der Waals surface area contributed by atoms with Crippen molar-refractivity contribution in [2.45, 2.75) is 51.6 Å². The highest BCUT2D eigenvalue weighted by Gasteiger charge is 2.48. The second-order valence-corrected chi connectivity index (χ2v) is 5.55. The SMILES string of the molecule is CON1C(C)(C)CC(C(=O)O)CC1(C)C. The molecule has 0 spiro atoms. The average molecular weight is 215 g/mol. The maximum Gasteiger partial charge on any atom is 0.306 e. The molecule has 0 atom stereocenters. The Hall–Kier alpha value is -0.610. The molecule has 4 nitrogen and oxygen atoms in total.